The summed E-state index contributed by atoms with van der Waals surface area (Å²) in [5.74, 6) is -1.33. The van der Waals surface area contributed by atoms with Gasteiger partial charge in [-0.05, 0) is 55.3 Å². The first kappa shape index (κ1) is 20.0. The molecule has 32 heavy (non-hydrogen) atoms. The monoisotopic (exact) mass is 423 g/mol. The van der Waals surface area contributed by atoms with Crippen LogP contribution in [0.15, 0.2) is 72.8 Å². The predicted molar refractivity (Wildman–Crippen MR) is 120 cm³/mol. The number of carbonyl (C=O) groups is 2. The molecule has 5 rings (SSSR count). The lowest BCUT2D eigenvalue weighted by atomic mass is 9.90. The zero-order chi connectivity index (χ0) is 22.4. The Hall–Kier alpha value is -3.95. The Morgan fingerprint density at radius 3 is 2.28 bits per heavy atom. The zero-order valence-corrected chi connectivity index (χ0v) is 17.7. The quantitative estimate of drug-likeness (QED) is 0.590. The average Bonchev–Trinajstić information content (AvgIpc) is 3.31. The number of imide groups is 1. The highest BCUT2D eigenvalue weighted by molar-refractivity contribution is 6.24. The number of benzene rings is 3. The van der Waals surface area contributed by atoms with E-state index in [2.05, 4.69) is 6.07 Å². The fourth-order valence-corrected chi connectivity index (χ4v) is 4.60. The number of carbonyl (C=O) groups excluding carboxylic acids is 2. The summed E-state index contributed by atoms with van der Waals surface area (Å²) in [6.07, 6.45) is -0.913. The molecule has 0 radical (unpaired) electrons. The summed E-state index contributed by atoms with van der Waals surface area (Å²) in [7, 11) is 0. The molecule has 2 fully saturated rings. The molecule has 2 heterocycles. The van der Waals surface area contributed by atoms with Gasteiger partial charge in [-0.25, -0.2) is 9.96 Å². The number of para-hydroxylation sites is 1. The predicted octanol–water partition coefficient (Wildman–Crippen LogP) is 4.23. The van der Waals surface area contributed by atoms with Crippen molar-refractivity contribution in [2.45, 2.75) is 26.0 Å². The number of fused-ring (bicyclic) bond motifs is 1. The standard InChI is InChI=1S/C26H21N3O3/c1-16-8-13-21(17(2)14-16)28-25(30)22-23(19-11-9-18(15-27)10-12-19)29(32-24(22)26(28)31)20-6-4-3-5-7-20/h3-14,22-24H,1-2H3/t22-,23-,24-/m0/s1. The van der Waals surface area contributed by atoms with E-state index in [4.69, 9.17) is 10.1 Å². The van der Waals surface area contributed by atoms with E-state index in [1.807, 2.05) is 74.5 Å². The van der Waals surface area contributed by atoms with E-state index in [-0.39, 0.29) is 11.8 Å². The Bertz CT molecular complexity index is 1250. The third-order valence-corrected chi connectivity index (χ3v) is 6.10. The molecule has 6 nitrogen and oxygen atoms in total. The highest BCUT2D eigenvalue weighted by Gasteiger charge is 2.60. The van der Waals surface area contributed by atoms with Crippen molar-refractivity contribution in [3.63, 3.8) is 0 Å². The van der Waals surface area contributed by atoms with Crippen molar-refractivity contribution in [3.8, 4) is 6.07 Å². The molecule has 2 amide bonds. The van der Waals surface area contributed by atoms with Gasteiger partial charge in [0.25, 0.3) is 5.91 Å². The number of rotatable bonds is 3. The molecule has 0 bridgehead atoms. The Morgan fingerprint density at radius 2 is 1.62 bits per heavy atom. The molecule has 0 spiro atoms. The van der Waals surface area contributed by atoms with Gasteiger partial charge in [0.15, 0.2) is 6.10 Å². The molecule has 3 atom stereocenters. The maximum atomic E-state index is 13.7. The van der Waals surface area contributed by atoms with E-state index in [9.17, 15) is 9.59 Å². The van der Waals surface area contributed by atoms with Crippen LogP contribution in [0.2, 0.25) is 0 Å². The number of nitrogens with zero attached hydrogens (tertiary/aromatic N) is 3. The lowest BCUT2D eigenvalue weighted by Gasteiger charge is -2.29. The molecule has 158 valence electrons. The number of aryl methyl sites for hydroxylation is 2. The Morgan fingerprint density at radius 1 is 0.906 bits per heavy atom. The van der Waals surface area contributed by atoms with E-state index < -0.39 is 18.1 Å². The van der Waals surface area contributed by atoms with Crippen LogP contribution in [-0.4, -0.2) is 17.9 Å². The molecule has 0 unspecified atom stereocenters. The first-order chi connectivity index (χ1) is 15.5. The topological polar surface area (TPSA) is 73.6 Å². The third kappa shape index (κ3) is 3.06. The fraction of sp³-hybridized carbons (Fsp3) is 0.192. The number of nitriles is 1. The first-order valence-corrected chi connectivity index (χ1v) is 10.5. The third-order valence-electron chi connectivity index (χ3n) is 6.10. The lowest BCUT2D eigenvalue weighted by Crippen LogP contribution is -2.37. The number of hydrogen-bond acceptors (Lipinski definition) is 5. The lowest BCUT2D eigenvalue weighted by molar-refractivity contribution is -0.126. The fourth-order valence-electron chi connectivity index (χ4n) is 4.60. The molecule has 0 saturated carbocycles. The molecule has 2 aliphatic rings. The molecule has 2 saturated heterocycles. The minimum atomic E-state index is -0.913. The second-order valence-electron chi connectivity index (χ2n) is 8.19. The molecule has 3 aromatic carbocycles. The maximum absolute atomic E-state index is 13.7. The van der Waals surface area contributed by atoms with Gasteiger partial charge in [-0.15, -0.1) is 0 Å². The van der Waals surface area contributed by atoms with E-state index in [0.717, 1.165) is 22.4 Å². The normalized spacial score (nSPS) is 22.2. The van der Waals surface area contributed by atoms with E-state index >= 15 is 0 Å². The van der Waals surface area contributed by atoms with Crippen molar-refractivity contribution in [3.05, 3.63) is 95.1 Å². The van der Waals surface area contributed by atoms with Crippen molar-refractivity contribution in [2.24, 2.45) is 5.92 Å². The first-order valence-electron chi connectivity index (χ1n) is 10.5. The van der Waals surface area contributed by atoms with Crippen molar-refractivity contribution in [1.82, 2.24) is 0 Å². The van der Waals surface area contributed by atoms with Crippen molar-refractivity contribution in [2.75, 3.05) is 9.96 Å². The summed E-state index contributed by atoms with van der Waals surface area (Å²) in [6, 6.07) is 23.8. The van der Waals surface area contributed by atoms with Gasteiger partial charge in [-0.3, -0.25) is 14.4 Å². The van der Waals surface area contributed by atoms with Gasteiger partial charge >= 0.3 is 0 Å². The molecule has 6 heteroatoms. The largest absolute Gasteiger partial charge is 0.273 e. The van der Waals surface area contributed by atoms with Crippen LogP contribution >= 0.6 is 0 Å². The summed E-state index contributed by atoms with van der Waals surface area (Å²) < 4.78 is 0. The van der Waals surface area contributed by atoms with Crippen LogP contribution in [0.25, 0.3) is 0 Å². The van der Waals surface area contributed by atoms with Crippen LogP contribution in [0, 0.1) is 31.1 Å². The van der Waals surface area contributed by atoms with Gasteiger partial charge in [0.05, 0.1) is 29.0 Å². The molecule has 0 N–H and O–H groups in total. The van der Waals surface area contributed by atoms with Crippen molar-refractivity contribution < 1.29 is 14.4 Å². The average molecular weight is 423 g/mol. The molecule has 0 aromatic heterocycles. The van der Waals surface area contributed by atoms with Gasteiger partial charge in [-0.2, -0.15) is 5.26 Å². The minimum Gasteiger partial charge on any atom is -0.273 e. The molecular weight excluding hydrogens is 402 g/mol. The highest BCUT2D eigenvalue weighted by Crippen LogP contribution is 2.47. The van der Waals surface area contributed by atoms with Crippen LogP contribution in [0.4, 0.5) is 11.4 Å². The number of anilines is 2. The zero-order valence-electron chi connectivity index (χ0n) is 17.7. The summed E-state index contributed by atoms with van der Waals surface area (Å²) in [4.78, 5) is 34.5. The Labute approximate surface area is 186 Å². The smallest absolute Gasteiger partial charge is 0.266 e. The van der Waals surface area contributed by atoms with Crippen molar-refractivity contribution in [1.29, 1.82) is 5.26 Å². The van der Waals surface area contributed by atoms with Crippen LogP contribution in [0.5, 0.6) is 0 Å². The van der Waals surface area contributed by atoms with Gasteiger partial charge in [0, 0.05) is 0 Å². The summed E-state index contributed by atoms with van der Waals surface area (Å²) in [6.45, 7) is 3.87. The number of amides is 2. The van der Waals surface area contributed by atoms with Crippen molar-refractivity contribution >= 4 is 23.2 Å². The molecule has 2 aliphatic heterocycles. The van der Waals surface area contributed by atoms with Crippen LogP contribution < -0.4 is 9.96 Å². The molecular formula is C26H21N3O3. The second-order valence-corrected chi connectivity index (χ2v) is 8.19. The van der Waals surface area contributed by atoms with Crippen LogP contribution in [0.1, 0.15) is 28.3 Å². The Balaban J connectivity index is 1.59. The highest BCUT2D eigenvalue weighted by atomic mass is 16.7. The maximum Gasteiger partial charge on any atom is 0.266 e. The molecule has 3 aromatic rings. The number of hydroxylamine groups is 1. The SMILES string of the molecule is Cc1ccc(N2C(=O)[C@@H]3[C@H](ON(c4ccccc4)[C@H]3c3ccc(C#N)cc3)C2=O)c(C)c1. The van der Waals surface area contributed by atoms with E-state index in [1.165, 1.54) is 4.90 Å². The second kappa shape index (κ2) is 7.63. The Kier molecular flexibility index (Phi) is 4.76. The van der Waals surface area contributed by atoms with E-state index in [1.54, 1.807) is 17.2 Å². The molecule has 0 aliphatic carbocycles. The van der Waals surface area contributed by atoms with Gasteiger partial charge in [0.1, 0.15) is 5.92 Å². The summed E-state index contributed by atoms with van der Waals surface area (Å²) >= 11 is 0. The van der Waals surface area contributed by atoms with Gasteiger partial charge < -0.3 is 0 Å². The van der Waals surface area contributed by atoms with Gasteiger partial charge in [-0.1, -0.05) is 48.0 Å². The minimum absolute atomic E-state index is 0.278. The van der Waals surface area contributed by atoms with E-state index in [0.29, 0.717) is 11.3 Å². The summed E-state index contributed by atoms with van der Waals surface area (Å²) in [5.41, 5.74) is 4.61. The van der Waals surface area contributed by atoms with Crippen LogP contribution in [-0.2, 0) is 14.4 Å². The number of hydrogen-bond donors (Lipinski definition) is 0. The van der Waals surface area contributed by atoms with Crippen LogP contribution in [0.3, 0.4) is 0 Å². The summed E-state index contributed by atoms with van der Waals surface area (Å²) in [5, 5.41) is 10.8. The van der Waals surface area contributed by atoms with Gasteiger partial charge in [0.2, 0.25) is 5.91 Å².